The van der Waals surface area contributed by atoms with Gasteiger partial charge in [-0.2, -0.15) is 0 Å². The lowest BCUT2D eigenvalue weighted by Crippen LogP contribution is -2.26. The molecule has 1 atom stereocenters. The number of sulfonamides is 1. The number of furan rings is 1. The first kappa shape index (κ1) is 14.8. The van der Waals surface area contributed by atoms with Crippen LogP contribution >= 0.6 is 11.3 Å². The van der Waals surface area contributed by atoms with Crippen molar-refractivity contribution in [1.29, 1.82) is 0 Å². The number of thiophene rings is 1. The van der Waals surface area contributed by atoms with E-state index >= 15 is 0 Å². The van der Waals surface area contributed by atoms with Crippen LogP contribution in [0.25, 0.3) is 0 Å². The molecule has 0 aliphatic heterocycles. The molecule has 8 heteroatoms. The predicted molar refractivity (Wildman–Crippen MR) is 73.5 cm³/mol. The zero-order valence-corrected chi connectivity index (χ0v) is 12.4. The summed E-state index contributed by atoms with van der Waals surface area (Å²) in [5.74, 6) is -1.65. The lowest BCUT2D eigenvalue weighted by Gasteiger charge is -2.11. The van der Waals surface area contributed by atoms with Gasteiger partial charge in [-0.1, -0.05) is 6.07 Å². The molecule has 6 nitrogen and oxygen atoms in total. The summed E-state index contributed by atoms with van der Waals surface area (Å²) in [6.07, 6.45) is 0. The minimum atomic E-state index is -3.83. The molecule has 108 valence electrons. The summed E-state index contributed by atoms with van der Waals surface area (Å²) in [6, 6.07) is 4.27. The molecular formula is C12H13NO5S2. The van der Waals surface area contributed by atoms with Crippen molar-refractivity contribution in [2.24, 2.45) is 0 Å². The molecule has 0 unspecified atom stereocenters. The van der Waals surface area contributed by atoms with Crippen LogP contribution in [0.3, 0.4) is 0 Å². The van der Waals surface area contributed by atoms with Gasteiger partial charge in [0.25, 0.3) is 0 Å². The molecule has 0 radical (unpaired) electrons. The minimum Gasteiger partial charge on any atom is -0.475 e. The first-order valence-corrected chi connectivity index (χ1v) is 8.07. The summed E-state index contributed by atoms with van der Waals surface area (Å²) in [7, 11) is -3.83. The van der Waals surface area contributed by atoms with Gasteiger partial charge >= 0.3 is 5.97 Å². The molecule has 0 fully saturated rings. The maximum Gasteiger partial charge on any atom is 0.371 e. The largest absolute Gasteiger partial charge is 0.475 e. The number of nitrogens with one attached hydrogen (secondary N) is 1. The summed E-state index contributed by atoms with van der Waals surface area (Å²) in [5, 5.41) is 10.7. The average Bonchev–Trinajstić information content (AvgIpc) is 2.96. The molecule has 2 heterocycles. The molecule has 0 aliphatic rings. The number of hydrogen-bond donors (Lipinski definition) is 2. The third-order valence-corrected chi connectivity index (χ3v) is 5.38. The normalized spacial score (nSPS) is 13.3. The highest BCUT2D eigenvalue weighted by atomic mass is 32.2. The van der Waals surface area contributed by atoms with Crippen LogP contribution in [-0.2, 0) is 10.0 Å². The fourth-order valence-electron chi connectivity index (χ4n) is 1.73. The van der Waals surface area contributed by atoms with Crippen LogP contribution in [0.15, 0.2) is 32.9 Å². The van der Waals surface area contributed by atoms with Gasteiger partial charge in [-0.25, -0.2) is 17.9 Å². The molecular weight excluding hydrogens is 302 g/mol. The molecule has 0 amide bonds. The minimum absolute atomic E-state index is 0.0493. The Balaban J connectivity index is 2.29. The third-order valence-electron chi connectivity index (χ3n) is 2.67. The highest BCUT2D eigenvalue weighted by Gasteiger charge is 2.25. The van der Waals surface area contributed by atoms with Gasteiger partial charge in [-0.05, 0) is 25.3 Å². The molecule has 0 saturated heterocycles. The molecule has 2 aromatic heterocycles. The van der Waals surface area contributed by atoms with E-state index in [1.165, 1.54) is 18.3 Å². The number of aryl methyl sites for hydroxylation is 1. The van der Waals surface area contributed by atoms with Gasteiger partial charge in [-0.15, -0.1) is 11.3 Å². The Morgan fingerprint density at radius 2 is 2.20 bits per heavy atom. The quantitative estimate of drug-likeness (QED) is 0.883. The first-order valence-electron chi connectivity index (χ1n) is 5.70. The van der Waals surface area contributed by atoms with Gasteiger partial charge in [0.2, 0.25) is 15.8 Å². The molecule has 2 rings (SSSR count). The predicted octanol–water partition coefficient (Wildman–Crippen LogP) is 2.39. The van der Waals surface area contributed by atoms with E-state index in [0.29, 0.717) is 0 Å². The second-order valence-corrected chi connectivity index (χ2v) is 6.86. The van der Waals surface area contributed by atoms with E-state index < -0.39 is 27.8 Å². The van der Waals surface area contributed by atoms with Crippen molar-refractivity contribution in [3.63, 3.8) is 0 Å². The Bertz CT molecular complexity index is 715. The van der Waals surface area contributed by atoms with Crippen molar-refractivity contribution in [2.45, 2.75) is 24.8 Å². The molecule has 20 heavy (non-hydrogen) atoms. The molecule has 2 N–H and O–H groups in total. The van der Waals surface area contributed by atoms with E-state index in [1.54, 1.807) is 6.92 Å². The van der Waals surface area contributed by atoms with E-state index in [-0.39, 0.29) is 10.7 Å². The Morgan fingerprint density at radius 1 is 1.50 bits per heavy atom. The van der Waals surface area contributed by atoms with Gasteiger partial charge in [0.15, 0.2) is 0 Å². The zero-order chi connectivity index (χ0) is 14.9. The first-order chi connectivity index (χ1) is 9.31. The summed E-state index contributed by atoms with van der Waals surface area (Å²) in [5.41, 5.74) is 0. The Morgan fingerprint density at radius 3 is 2.70 bits per heavy atom. The maximum absolute atomic E-state index is 12.2. The summed E-state index contributed by atoms with van der Waals surface area (Å²) in [6.45, 7) is 3.13. The second-order valence-electron chi connectivity index (χ2n) is 4.19. The van der Waals surface area contributed by atoms with Gasteiger partial charge in [0.1, 0.15) is 10.7 Å². The van der Waals surface area contributed by atoms with E-state index in [2.05, 4.69) is 4.72 Å². The lowest BCUT2D eigenvalue weighted by molar-refractivity contribution is 0.0661. The molecule has 0 bridgehead atoms. The van der Waals surface area contributed by atoms with E-state index in [0.717, 1.165) is 10.9 Å². The Labute approximate surface area is 120 Å². The number of carboxylic acid groups (broad SMARTS) is 1. The van der Waals surface area contributed by atoms with Crippen molar-refractivity contribution >= 4 is 27.3 Å². The number of carbonyl (C=O) groups is 1. The SMILES string of the molecule is Cc1oc(C(=O)O)cc1S(=O)(=O)N[C@H](C)c1cccs1. The van der Waals surface area contributed by atoms with E-state index in [9.17, 15) is 13.2 Å². The van der Waals surface area contributed by atoms with Crippen molar-refractivity contribution in [2.75, 3.05) is 0 Å². The van der Waals surface area contributed by atoms with Crippen LogP contribution in [0.1, 0.15) is 34.2 Å². The van der Waals surface area contributed by atoms with Crippen molar-refractivity contribution < 1.29 is 22.7 Å². The number of carboxylic acids is 1. The third kappa shape index (κ3) is 2.92. The maximum atomic E-state index is 12.2. The highest BCUT2D eigenvalue weighted by Crippen LogP contribution is 2.24. The van der Waals surface area contributed by atoms with Crippen LogP contribution in [0.2, 0.25) is 0 Å². The van der Waals surface area contributed by atoms with Crippen molar-refractivity contribution in [1.82, 2.24) is 4.72 Å². The number of hydrogen-bond acceptors (Lipinski definition) is 5. The van der Waals surface area contributed by atoms with Crippen molar-refractivity contribution in [3.05, 3.63) is 40.0 Å². The van der Waals surface area contributed by atoms with Crippen LogP contribution in [0.4, 0.5) is 0 Å². The zero-order valence-electron chi connectivity index (χ0n) is 10.8. The monoisotopic (exact) mass is 315 g/mol. The topological polar surface area (TPSA) is 96.6 Å². The molecule has 0 aliphatic carbocycles. The second kappa shape index (κ2) is 5.39. The fraction of sp³-hybridized carbons (Fsp3) is 0.250. The number of rotatable bonds is 5. The van der Waals surface area contributed by atoms with Crippen LogP contribution < -0.4 is 4.72 Å². The Hall–Kier alpha value is -1.64. The molecule has 0 aromatic carbocycles. The van der Waals surface area contributed by atoms with Crippen LogP contribution in [0.5, 0.6) is 0 Å². The van der Waals surface area contributed by atoms with Gasteiger partial charge < -0.3 is 9.52 Å². The molecule has 2 aromatic rings. The average molecular weight is 315 g/mol. The van der Waals surface area contributed by atoms with E-state index in [1.807, 2.05) is 17.5 Å². The Kier molecular flexibility index (Phi) is 3.98. The summed E-state index contributed by atoms with van der Waals surface area (Å²) in [4.78, 5) is 11.5. The standard InChI is InChI=1S/C12H13NO5S2/c1-7(10-4-3-5-19-10)13-20(16,17)11-6-9(12(14)15)18-8(11)2/h3-7,13H,1-2H3,(H,14,15)/t7-/m1/s1. The summed E-state index contributed by atoms with van der Waals surface area (Å²) >= 11 is 1.44. The molecule has 0 saturated carbocycles. The van der Waals surface area contributed by atoms with E-state index in [4.69, 9.17) is 9.52 Å². The van der Waals surface area contributed by atoms with Crippen molar-refractivity contribution in [3.8, 4) is 0 Å². The summed E-state index contributed by atoms with van der Waals surface area (Å²) < 4.78 is 31.9. The van der Waals surface area contributed by atoms with Gasteiger partial charge in [0, 0.05) is 10.9 Å². The lowest BCUT2D eigenvalue weighted by atomic mass is 10.3. The van der Waals surface area contributed by atoms with Crippen LogP contribution in [-0.4, -0.2) is 19.5 Å². The van der Waals surface area contributed by atoms with Gasteiger partial charge in [0.05, 0.1) is 6.04 Å². The fourth-order valence-corrected chi connectivity index (χ4v) is 3.94. The molecule has 0 spiro atoms. The highest BCUT2D eigenvalue weighted by molar-refractivity contribution is 7.89. The van der Waals surface area contributed by atoms with Crippen LogP contribution in [0, 0.1) is 6.92 Å². The smallest absolute Gasteiger partial charge is 0.371 e. The number of aromatic carboxylic acids is 1. The van der Waals surface area contributed by atoms with Gasteiger partial charge in [-0.3, -0.25) is 0 Å².